The summed E-state index contributed by atoms with van der Waals surface area (Å²) in [4.78, 5) is 4.48. The minimum absolute atomic E-state index is 0.163. The van der Waals surface area contributed by atoms with Crippen molar-refractivity contribution < 1.29 is 4.52 Å². The molecule has 1 aromatic heterocycles. The lowest BCUT2D eigenvalue weighted by molar-refractivity contribution is 0.345. The van der Waals surface area contributed by atoms with Crippen LogP contribution in [-0.2, 0) is 0 Å². The second-order valence-corrected chi connectivity index (χ2v) is 5.02. The molecule has 0 radical (unpaired) electrons. The van der Waals surface area contributed by atoms with Crippen LogP contribution in [0.25, 0.3) is 11.4 Å². The summed E-state index contributed by atoms with van der Waals surface area (Å²) in [5.41, 5.74) is 8.26. The highest BCUT2D eigenvalue weighted by Crippen LogP contribution is 2.33. The third-order valence-electron chi connectivity index (χ3n) is 3.64. The van der Waals surface area contributed by atoms with Crippen LogP contribution in [0, 0.1) is 6.92 Å². The van der Waals surface area contributed by atoms with Gasteiger partial charge in [-0.05, 0) is 19.8 Å². The molecular weight excluding hydrogens is 226 g/mol. The van der Waals surface area contributed by atoms with Crippen LogP contribution in [0.1, 0.15) is 36.6 Å². The van der Waals surface area contributed by atoms with E-state index in [0.29, 0.717) is 11.7 Å². The van der Waals surface area contributed by atoms with Crippen LogP contribution in [0.4, 0.5) is 0 Å². The Hall–Kier alpha value is -1.68. The summed E-state index contributed by atoms with van der Waals surface area (Å²) in [7, 11) is 0. The summed E-state index contributed by atoms with van der Waals surface area (Å²) in [6.07, 6.45) is 3.25. The molecule has 0 aliphatic heterocycles. The molecule has 0 bridgehead atoms. The van der Waals surface area contributed by atoms with E-state index in [-0.39, 0.29) is 12.0 Å². The van der Waals surface area contributed by atoms with Gasteiger partial charge in [-0.2, -0.15) is 4.98 Å². The van der Waals surface area contributed by atoms with E-state index in [1.165, 1.54) is 5.56 Å². The van der Waals surface area contributed by atoms with E-state index in [1.54, 1.807) is 0 Å². The summed E-state index contributed by atoms with van der Waals surface area (Å²) in [5.74, 6) is 1.58. The Morgan fingerprint density at radius 1 is 1.22 bits per heavy atom. The third kappa shape index (κ3) is 2.04. The summed E-state index contributed by atoms with van der Waals surface area (Å²) in [6.45, 7) is 2.06. The largest absolute Gasteiger partial charge is 0.339 e. The Bertz CT molecular complexity index is 532. The van der Waals surface area contributed by atoms with Crippen LogP contribution in [0.5, 0.6) is 0 Å². The molecule has 0 saturated heterocycles. The van der Waals surface area contributed by atoms with Crippen molar-refractivity contribution in [2.75, 3.05) is 0 Å². The number of aromatic nitrogens is 2. The summed E-state index contributed by atoms with van der Waals surface area (Å²) < 4.78 is 5.36. The number of aryl methyl sites for hydroxylation is 1. The van der Waals surface area contributed by atoms with Crippen molar-refractivity contribution >= 4 is 0 Å². The standard InChI is InChI=1S/C14H17N3O/c1-9-5-7-10(8-6-9)13-16-14(18-17-13)11-3-2-4-12(11)15/h5-8,11-12H,2-4,15H2,1H3. The highest BCUT2D eigenvalue weighted by atomic mass is 16.5. The topological polar surface area (TPSA) is 64.9 Å². The predicted molar refractivity (Wildman–Crippen MR) is 69.0 cm³/mol. The van der Waals surface area contributed by atoms with Crippen molar-refractivity contribution in [1.29, 1.82) is 0 Å². The molecule has 2 atom stereocenters. The Labute approximate surface area is 106 Å². The minimum atomic E-state index is 0.163. The van der Waals surface area contributed by atoms with Crippen LogP contribution in [0.2, 0.25) is 0 Å². The quantitative estimate of drug-likeness (QED) is 0.880. The molecule has 94 valence electrons. The van der Waals surface area contributed by atoms with Crippen molar-refractivity contribution in [2.24, 2.45) is 5.73 Å². The van der Waals surface area contributed by atoms with Gasteiger partial charge in [0.05, 0.1) is 5.92 Å². The van der Waals surface area contributed by atoms with Gasteiger partial charge < -0.3 is 10.3 Å². The normalized spacial score (nSPS) is 23.4. The van der Waals surface area contributed by atoms with E-state index in [0.717, 1.165) is 24.8 Å². The van der Waals surface area contributed by atoms with Gasteiger partial charge in [-0.15, -0.1) is 0 Å². The smallest absolute Gasteiger partial charge is 0.231 e. The number of nitrogens with zero attached hydrogens (tertiary/aromatic N) is 2. The van der Waals surface area contributed by atoms with Crippen molar-refractivity contribution in [3.63, 3.8) is 0 Å². The second-order valence-electron chi connectivity index (χ2n) is 5.02. The number of benzene rings is 1. The van der Waals surface area contributed by atoms with E-state index in [4.69, 9.17) is 10.3 Å². The maximum Gasteiger partial charge on any atom is 0.231 e. The molecule has 2 unspecified atom stereocenters. The van der Waals surface area contributed by atoms with Gasteiger partial charge in [-0.3, -0.25) is 0 Å². The number of hydrogen-bond donors (Lipinski definition) is 1. The fourth-order valence-corrected chi connectivity index (χ4v) is 2.50. The first-order valence-electron chi connectivity index (χ1n) is 6.40. The maximum absolute atomic E-state index is 6.05. The second kappa shape index (κ2) is 4.53. The maximum atomic E-state index is 6.05. The van der Waals surface area contributed by atoms with Crippen LogP contribution in [-0.4, -0.2) is 16.2 Å². The average Bonchev–Trinajstić information content (AvgIpc) is 2.98. The molecule has 18 heavy (non-hydrogen) atoms. The van der Waals surface area contributed by atoms with Gasteiger partial charge in [-0.1, -0.05) is 41.4 Å². The molecule has 2 aromatic rings. The fourth-order valence-electron chi connectivity index (χ4n) is 2.50. The molecule has 2 N–H and O–H groups in total. The van der Waals surface area contributed by atoms with Crippen LogP contribution < -0.4 is 5.73 Å². The van der Waals surface area contributed by atoms with Gasteiger partial charge >= 0.3 is 0 Å². The Morgan fingerprint density at radius 2 is 2.00 bits per heavy atom. The number of rotatable bonds is 2. The van der Waals surface area contributed by atoms with Crippen LogP contribution >= 0.6 is 0 Å². The Balaban J connectivity index is 1.87. The van der Waals surface area contributed by atoms with E-state index in [2.05, 4.69) is 17.1 Å². The van der Waals surface area contributed by atoms with Crippen LogP contribution in [0.3, 0.4) is 0 Å². The molecule has 1 heterocycles. The Morgan fingerprint density at radius 3 is 2.67 bits per heavy atom. The zero-order valence-corrected chi connectivity index (χ0v) is 10.5. The first-order chi connectivity index (χ1) is 8.74. The molecule has 1 aliphatic rings. The molecule has 0 amide bonds. The van der Waals surface area contributed by atoms with E-state index in [9.17, 15) is 0 Å². The van der Waals surface area contributed by atoms with Gasteiger partial charge in [0.1, 0.15) is 0 Å². The first kappa shape index (κ1) is 11.4. The highest BCUT2D eigenvalue weighted by Gasteiger charge is 2.30. The lowest BCUT2D eigenvalue weighted by Gasteiger charge is -2.08. The predicted octanol–water partition coefficient (Wildman–Crippen LogP) is 2.64. The Kier molecular flexibility index (Phi) is 2.88. The molecule has 4 heteroatoms. The summed E-state index contributed by atoms with van der Waals surface area (Å²) in [6, 6.07) is 8.28. The van der Waals surface area contributed by atoms with E-state index >= 15 is 0 Å². The minimum Gasteiger partial charge on any atom is -0.339 e. The molecule has 0 spiro atoms. The zero-order valence-electron chi connectivity index (χ0n) is 10.5. The molecule has 4 nitrogen and oxygen atoms in total. The summed E-state index contributed by atoms with van der Waals surface area (Å²) in [5, 5.41) is 4.05. The first-order valence-corrected chi connectivity index (χ1v) is 6.40. The van der Waals surface area contributed by atoms with E-state index in [1.807, 2.05) is 24.3 Å². The average molecular weight is 243 g/mol. The molecular formula is C14H17N3O. The van der Waals surface area contributed by atoms with Crippen molar-refractivity contribution in [1.82, 2.24) is 10.1 Å². The number of nitrogens with two attached hydrogens (primary N) is 1. The molecule has 1 fully saturated rings. The fraction of sp³-hybridized carbons (Fsp3) is 0.429. The lowest BCUT2D eigenvalue weighted by Crippen LogP contribution is -2.22. The molecule has 1 aromatic carbocycles. The molecule has 1 aliphatic carbocycles. The number of hydrogen-bond acceptors (Lipinski definition) is 4. The summed E-state index contributed by atoms with van der Waals surface area (Å²) >= 11 is 0. The van der Waals surface area contributed by atoms with E-state index < -0.39 is 0 Å². The van der Waals surface area contributed by atoms with Gasteiger partial charge in [0.2, 0.25) is 11.7 Å². The molecule has 1 saturated carbocycles. The monoisotopic (exact) mass is 243 g/mol. The SMILES string of the molecule is Cc1ccc(-c2noc(C3CCCC3N)n2)cc1. The zero-order chi connectivity index (χ0) is 12.5. The van der Waals surface area contributed by atoms with Crippen molar-refractivity contribution in [3.8, 4) is 11.4 Å². The highest BCUT2D eigenvalue weighted by molar-refractivity contribution is 5.54. The van der Waals surface area contributed by atoms with Crippen molar-refractivity contribution in [2.45, 2.75) is 38.1 Å². The molecule has 3 rings (SSSR count). The van der Waals surface area contributed by atoms with Crippen molar-refractivity contribution in [3.05, 3.63) is 35.7 Å². The van der Waals surface area contributed by atoms with Gasteiger partial charge in [0, 0.05) is 11.6 Å². The van der Waals surface area contributed by atoms with Crippen LogP contribution in [0.15, 0.2) is 28.8 Å². The van der Waals surface area contributed by atoms with Gasteiger partial charge in [0.25, 0.3) is 0 Å². The van der Waals surface area contributed by atoms with Gasteiger partial charge in [-0.25, -0.2) is 0 Å². The third-order valence-corrected chi connectivity index (χ3v) is 3.64. The van der Waals surface area contributed by atoms with Gasteiger partial charge in [0.15, 0.2) is 0 Å². The lowest BCUT2D eigenvalue weighted by atomic mass is 10.0.